The van der Waals surface area contributed by atoms with Crippen molar-refractivity contribution in [2.45, 2.75) is 20.1 Å². The summed E-state index contributed by atoms with van der Waals surface area (Å²) in [6.45, 7) is 1.91. The molecule has 0 atom stereocenters. The van der Waals surface area contributed by atoms with Crippen LogP contribution in [0.3, 0.4) is 0 Å². The van der Waals surface area contributed by atoms with Gasteiger partial charge >= 0.3 is 12.0 Å². The average molecular weight is 491 g/mol. The van der Waals surface area contributed by atoms with Crippen LogP contribution < -0.4 is 10.1 Å². The number of nitrogens with one attached hydrogen (secondary N) is 1. The van der Waals surface area contributed by atoms with E-state index in [0.29, 0.717) is 5.75 Å². The van der Waals surface area contributed by atoms with Crippen molar-refractivity contribution in [2.75, 3.05) is 7.11 Å². The van der Waals surface area contributed by atoms with E-state index in [1.165, 1.54) is 43.5 Å². The third-order valence-corrected chi connectivity index (χ3v) is 5.31. The third-order valence-electron chi connectivity index (χ3n) is 5.31. The lowest BCUT2D eigenvalue weighted by Crippen LogP contribution is -2.30. The molecule has 184 valence electrons. The summed E-state index contributed by atoms with van der Waals surface area (Å²) in [5, 5.41) is 13.8. The number of imide groups is 1. The number of benzene rings is 2. The van der Waals surface area contributed by atoms with E-state index < -0.39 is 22.8 Å². The fourth-order valence-electron chi connectivity index (χ4n) is 3.56. The van der Waals surface area contributed by atoms with Crippen LogP contribution in [0.2, 0.25) is 0 Å². The van der Waals surface area contributed by atoms with Crippen LogP contribution in [0.15, 0.2) is 64.7 Å². The molecule has 1 N–H and O–H groups in total. The number of hydrogen-bond donors (Lipinski definition) is 1. The number of carbonyl (C=O) groups is 3. The molecule has 1 aliphatic heterocycles. The van der Waals surface area contributed by atoms with Crippen molar-refractivity contribution in [1.82, 2.24) is 10.2 Å². The van der Waals surface area contributed by atoms with Crippen LogP contribution in [0.1, 0.15) is 33.0 Å². The minimum absolute atomic E-state index is 0.0673. The molecule has 36 heavy (non-hydrogen) atoms. The zero-order valence-electron chi connectivity index (χ0n) is 19.3. The fourth-order valence-corrected chi connectivity index (χ4v) is 3.56. The number of methoxy groups -OCH3 is 1. The Balaban J connectivity index is 1.58. The number of urea groups is 1. The monoisotopic (exact) mass is 491 g/mol. The van der Waals surface area contributed by atoms with Gasteiger partial charge in [-0.25, -0.2) is 9.59 Å². The molecule has 0 saturated carbocycles. The number of rotatable bonds is 8. The second-order valence-corrected chi connectivity index (χ2v) is 7.89. The van der Waals surface area contributed by atoms with Crippen LogP contribution in [0, 0.1) is 17.0 Å². The molecule has 0 unspecified atom stereocenters. The summed E-state index contributed by atoms with van der Waals surface area (Å²) in [5.41, 5.74) is 1.89. The molecule has 1 fully saturated rings. The number of amides is 3. The van der Waals surface area contributed by atoms with Gasteiger partial charge in [0, 0.05) is 17.7 Å². The number of hydrogen-bond acceptors (Lipinski definition) is 8. The largest absolute Gasteiger partial charge is 0.488 e. The normalized spacial score (nSPS) is 14.2. The molecule has 0 spiro atoms. The molecule has 0 radical (unpaired) electrons. The number of carbonyl (C=O) groups excluding carboxylic acids is 3. The standard InChI is InChI=1S/C25H21N3O8/c1-15-4-3-5-16(10-15)14-35-21-8-6-18(28(32)33)11-17(21)12-20-23(29)27(25(31)26-20)13-19-7-9-22(36-19)24(30)34-2/h3-12H,13-14H2,1-2H3,(H,26,31)/b20-12-. The Bertz CT molecular complexity index is 1390. The summed E-state index contributed by atoms with van der Waals surface area (Å²) in [6, 6.07) is 13.8. The van der Waals surface area contributed by atoms with Gasteiger partial charge in [0.1, 0.15) is 23.8 Å². The first kappa shape index (κ1) is 24.2. The molecule has 11 nitrogen and oxygen atoms in total. The molecule has 3 aromatic rings. The quantitative estimate of drug-likeness (QED) is 0.164. The smallest absolute Gasteiger partial charge is 0.373 e. The zero-order chi connectivity index (χ0) is 25.8. The highest BCUT2D eigenvalue weighted by molar-refractivity contribution is 6.14. The Labute approximate surface area is 205 Å². The summed E-state index contributed by atoms with van der Waals surface area (Å²) < 4.78 is 15.8. The van der Waals surface area contributed by atoms with Gasteiger partial charge in [0.05, 0.1) is 18.6 Å². The highest BCUT2D eigenvalue weighted by Crippen LogP contribution is 2.28. The number of non-ortho nitro benzene ring substituents is 1. The van der Waals surface area contributed by atoms with Gasteiger partial charge in [-0.1, -0.05) is 29.8 Å². The Morgan fingerprint density at radius 2 is 1.97 bits per heavy atom. The predicted molar refractivity (Wildman–Crippen MR) is 126 cm³/mol. The summed E-state index contributed by atoms with van der Waals surface area (Å²) in [7, 11) is 1.20. The second-order valence-electron chi connectivity index (χ2n) is 7.89. The number of esters is 1. The Hall–Kier alpha value is -4.93. The maximum Gasteiger partial charge on any atom is 0.373 e. The van der Waals surface area contributed by atoms with Crippen molar-refractivity contribution in [3.8, 4) is 5.75 Å². The van der Waals surface area contributed by atoms with Crippen molar-refractivity contribution < 1.29 is 33.2 Å². The Morgan fingerprint density at radius 3 is 2.69 bits per heavy atom. The number of furan rings is 1. The van der Waals surface area contributed by atoms with Gasteiger partial charge in [-0.15, -0.1) is 0 Å². The van der Waals surface area contributed by atoms with Crippen molar-refractivity contribution in [3.63, 3.8) is 0 Å². The van der Waals surface area contributed by atoms with Crippen molar-refractivity contribution in [3.05, 3.63) is 98.6 Å². The van der Waals surface area contributed by atoms with Gasteiger partial charge in [0.2, 0.25) is 5.76 Å². The van der Waals surface area contributed by atoms with Gasteiger partial charge in [-0.3, -0.25) is 19.8 Å². The average Bonchev–Trinajstić information content (AvgIpc) is 3.43. The number of nitro benzene ring substituents is 1. The third kappa shape index (κ3) is 5.25. The molecular formula is C25H21N3O8. The molecule has 2 heterocycles. The summed E-state index contributed by atoms with van der Waals surface area (Å²) >= 11 is 0. The topological polar surface area (TPSA) is 141 Å². The van der Waals surface area contributed by atoms with Crippen molar-refractivity contribution in [1.29, 1.82) is 0 Å². The highest BCUT2D eigenvalue weighted by atomic mass is 16.6. The Morgan fingerprint density at radius 1 is 1.17 bits per heavy atom. The van der Waals surface area contributed by atoms with Crippen molar-refractivity contribution >= 4 is 29.7 Å². The van der Waals surface area contributed by atoms with E-state index in [1.807, 2.05) is 31.2 Å². The molecule has 0 bridgehead atoms. The predicted octanol–water partition coefficient (Wildman–Crippen LogP) is 3.95. The van der Waals surface area contributed by atoms with Crippen LogP contribution >= 0.6 is 0 Å². The molecule has 11 heteroatoms. The molecule has 1 aliphatic rings. The number of nitrogens with zero attached hydrogens (tertiary/aromatic N) is 2. The second kappa shape index (κ2) is 10.1. The van der Waals surface area contributed by atoms with Crippen LogP contribution in [0.4, 0.5) is 10.5 Å². The first-order valence-corrected chi connectivity index (χ1v) is 10.7. The fraction of sp³-hybridized carbons (Fsp3) is 0.160. The lowest BCUT2D eigenvalue weighted by molar-refractivity contribution is -0.384. The maximum atomic E-state index is 12.9. The maximum absolute atomic E-state index is 12.9. The lowest BCUT2D eigenvalue weighted by Gasteiger charge is -2.11. The van der Waals surface area contributed by atoms with Gasteiger partial charge in [-0.2, -0.15) is 0 Å². The summed E-state index contributed by atoms with van der Waals surface area (Å²) in [6.07, 6.45) is 1.32. The first-order valence-electron chi connectivity index (χ1n) is 10.7. The van der Waals surface area contributed by atoms with Crippen LogP contribution in [-0.4, -0.2) is 34.8 Å². The first-order chi connectivity index (χ1) is 17.2. The minimum atomic E-state index is -0.713. The summed E-state index contributed by atoms with van der Waals surface area (Å²) in [5.74, 6) is -0.945. The summed E-state index contributed by atoms with van der Waals surface area (Å²) in [4.78, 5) is 48.6. The zero-order valence-corrected chi connectivity index (χ0v) is 19.3. The number of ether oxygens (including phenoxy) is 2. The molecule has 1 saturated heterocycles. The van der Waals surface area contributed by atoms with Gasteiger partial charge in [-0.05, 0) is 36.8 Å². The van der Waals surface area contributed by atoms with E-state index in [9.17, 15) is 24.5 Å². The Kier molecular flexibility index (Phi) is 6.81. The molecule has 2 aromatic carbocycles. The van der Waals surface area contributed by atoms with E-state index in [-0.39, 0.29) is 41.6 Å². The SMILES string of the molecule is COC(=O)c1ccc(CN2C(=O)N/C(=C\c3cc([N+](=O)[O-])ccc3OCc3cccc(C)c3)C2=O)o1. The molecule has 0 aliphatic carbocycles. The molecule has 3 amide bonds. The highest BCUT2D eigenvalue weighted by Gasteiger charge is 2.34. The van der Waals surface area contributed by atoms with Gasteiger partial charge in [0.15, 0.2) is 0 Å². The van der Waals surface area contributed by atoms with Gasteiger partial charge < -0.3 is 19.2 Å². The lowest BCUT2D eigenvalue weighted by atomic mass is 10.1. The minimum Gasteiger partial charge on any atom is -0.488 e. The van der Waals surface area contributed by atoms with E-state index in [0.717, 1.165) is 16.0 Å². The van der Waals surface area contributed by atoms with Gasteiger partial charge in [0.25, 0.3) is 11.6 Å². The van der Waals surface area contributed by atoms with Crippen LogP contribution in [-0.2, 0) is 22.7 Å². The van der Waals surface area contributed by atoms with E-state index in [2.05, 4.69) is 10.1 Å². The van der Waals surface area contributed by atoms with Crippen LogP contribution in [0.5, 0.6) is 5.75 Å². The van der Waals surface area contributed by atoms with Crippen LogP contribution in [0.25, 0.3) is 6.08 Å². The van der Waals surface area contributed by atoms with E-state index in [4.69, 9.17) is 9.15 Å². The molecule has 1 aromatic heterocycles. The van der Waals surface area contributed by atoms with E-state index in [1.54, 1.807) is 0 Å². The van der Waals surface area contributed by atoms with Crippen molar-refractivity contribution in [2.24, 2.45) is 0 Å². The molecule has 4 rings (SSSR count). The van der Waals surface area contributed by atoms with E-state index >= 15 is 0 Å². The number of aryl methyl sites for hydroxylation is 1. The number of nitro groups is 1. The molecular weight excluding hydrogens is 470 g/mol.